The van der Waals surface area contributed by atoms with Gasteiger partial charge in [-0.2, -0.15) is 21.6 Å². The molecule has 1 saturated heterocycles. The van der Waals surface area contributed by atoms with Gasteiger partial charge in [0.15, 0.2) is 17.3 Å². The van der Waals surface area contributed by atoms with Crippen molar-refractivity contribution >= 4 is 15.9 Å². The first kappa shape index (κ1) is 22.0. The largest absolute Gasteiger partial charge is 0.522 e. The summed E-state index contributed by atoms with van der Waals surface area (Å²) in [5.74, 6) is -0.0101. The molecule has 31 heavy (non-hydrogen) atoms. The molecule has 0 saturated carbocycles. The van der Waals surface area contributed by atoms with Gasteiger partial charge in [0, 0.05) is 11.1 Å². The Kier molecular flexibility index (Phi) is 4.56. The van der Waals surface area contributed by atoms with Crippen LogP contribution in [0.4, 0.5) is 13.2 Å². The Bertz CT molecular complexity index is 1100. The first-order valence-electron chi connectivity index (χ1n) is 9.08. The molecule has 9 nitrogen and oxygen atoms in total. The lowest BCUT2D eigenvalue weighted by molar-refractivity contribution is -0.138. The number of hydrogen-bond acceptors (Lipinski definition) is 8. The van der Waals surface area contributed by atoms with Crippen LogP contribution in [0.3, 0.4) is 0 Å². The Balaban J connectivity index is 0.000000250. The number of ether oxygens (including phenoxy) is 1. The van der Waals surface area contributed by atoms with Crippen LogP contribution in [0.1, 0.15) is 22.3 Å². The van der Waals surface area contributed by atoms with Crippen molar-refractivity contribution in [3.8, 4) is 11.5 Å². The quantitative estimate of drug-likeness (QED) is 0.242. The van der Waals surface area contributed by atoms with Gasteiger partial charge in [-0.05, 0) is 32.1 Å². The number of alkyl halides is 3. The third-order valence-electron chi connectivity index (χ3n) is 6.41. The molecule has 1 fully saturated rings. The van der Waals surface area contributed by atoms with Crippen molar-refractivity contribution in [2.75, 3.05) is 13.6 Å². The molecule has 4 N–H and O–H groups in total. The van der Waals surface area contributed by atoms with Gasteiger partial charge >= 0.3 is 15.6 Å². The molecular formula is C18H18F3NO8S. The number of likely N-dealkylation sites (tertiary alicyclic amines) is 1. The van der Waals surface area contributed by atoms with E-state index < -0.39 is 44.9 Å². The second-order valence-electron chi connectivity index (χ2n) is 7.94. The number of aromatic hydroxyl groups is 1. The molecule has 2 heterocycles. The molecule has 2 aliphatic carbocycles. The average molecular weight is 465 g/mol. The normalized spacial score (nSPS) is 35.7. The number of nitrogens with zero attached hydrogens (tertiary/aromatic N) is 1. The summed E-state index contributed by atoms with van der Waals surface area (Å²) in [7, 11) is -4.02. The van der Waals surface area contributed by atoms with Crippen LogP contribution in [-0.4, -0.2) is 81.9 Å². The van der Waals surface area contributed by atoms with Crippen LogP contribution >= 0.6 is 0 Å². The van der Waals surface area contributed by atoms with E-state index in [4.69, 9.17) is 17.7 Å². The van der Waals surface area contributed by atoms with Crippen molar-refractivity contribution in [2.24, 2.45) is 0 Å². The van der Waals surface area contributed by atoms with E-state index in [9.17, 15) is 33.3 Å². The molecule has 0 aromatic heterocycles. The first-order chi connectivity index (χ1) is 14.2. The maximum absolute atomic E-state index is 13.0. The Morgan fingerprint density at radius 3 is 2.48 bits per heavy atom. The first-order valence-corrected chi connectivity index (χ1v) is 10.5. The summed E-state index contributed by atoms with van der Waals surface area (Å²) in [4.78, 5) is 14.9. The SMILES string of the molecule is CN1CC[C@]23c4c5ccc(O)c4O[C@H]2[C@@H](O)C=C[C@@]3(O)[C@H]1C5=O.O=S(=O)(O)C(F)(F)F. The highest BCUT2D eigenvalue weighted by atomic mass is 32.2. The summed E-state index contributed by atoms with van der Waals surface area (Å²) in [5, 5.41) is 32.1. The third-order valence-corrected chi connectivity index (χ3v) is 6.99. The molecule has 2 bridgehead atoms. The zero-order valence-corrected chi connectivity index (χ0v) is 16.7. The number of likely N-dealkylation sites (N-methyl/N-ethyl adjacent to an activating group) is 1. The lowest BCUT2D eigenvalue weighted by atomic mass is 9.50. The summed E-state index contributed by atoms with van der Waals surface area (Å²) >= 11 is 0. The van der Waals surface area contributed by atoms with Crippen LogP contribution in [0, 0.1) is 0 Å². The molecule has 4 aliphatic rings. The van der Waals surface area contributed by atoms with E-state index >= 15 is 0 Å². The molecule has 170 valence electrons. The number of halogens is 3. The van der Waals surface area contributed by atoms with Crippen molar-refractivity contribution < 1.29 is 51.0 Å². The Morgan fingerprint density at radius 2 is 1.90 bits per heavy atom. The van der Waals surface area contributed by atoms with Crippen LogP contribution < -0.4 is 4.74 Å². The van der Waals surface area contributed by atoms with Gasteiger partial charge in [0.25, 0.3) is 0 Å². The molecule has 13 heteroatoms. The summed E-state index contributed by atoms with van der Waals surface area (Å²) < 4.78 is 63.4. The van der Waals surface area contributed by atoms with E-state index in [1.165, 1.54) is 12.1 Å². The second kappa shape index (κ2) is 6.42. The van der Waals surface area contributed by atoms with Gasteiger partial charge in [0.1, 0.15) is 23.9 Å². The van der Waals surface area contributed by atoms with Crippen molar-refractivity contribution in [3.05, 3.63) is 35.4 Å². The Labute approximate surface area is 174 Å². The third kappa shape index (κ3) is 2.70. The topological polar surface area (TPSA) is 145 Å². The standard InChI is InChI=1S/C17H17NO5.CHF3O3S/c1-18-7-6-16-11-8-2-3-9(19)13(11)23-15(16)10(20)4-5-17(16,22)14(18)12(8)21;2-1(3,4)8(5,6)7/h2-5,10,14-15,19-20,22H,6-7H2,1H3;(H,5,6,7)/t10-,14+,15-,16-,17+;/m0./s1. The summed E-state index contributed by atoms with van der Waals surface area (Å²) in [6.45, 7) is 0.605. The predicted octanol–water partition coefficient (Wildman–Crippen LogP) is 0.347. The number of piperidine rings is 1. The van der Waals surface area contributed by atoms with Crippen LogP contribution in [-0.2, 0) is 15.5 Å². The highest BCUT2D eigenvalue weighted by Gasteiger charge is 2.73. The maximum Gasteiger partial charge on any atom is 0.522 e. The predicted molar refractivity (Wildman–Crippen MR) is 97.3 cm³/mol. The van der Waals surface area contributed by atoms with Crippen LogP contribution in [0.15, 0.2) is 24.3 Å². The van der Waals surface area contributed by atoms with E-state index in [-0.39, 0.29) is 17.3 Å². The molecule has 0 amide bonds. The van der Waals surface area contributed by atoms with Gasteiger partial charge in [-0.15, -0.1) is 0 Å². The minimum Gasteiger partial charge on any atom is -0.504 e. The zero-order valence-electron chi connectivity index (χ0n) is 15.9. The van der Waals surface area contributed by atoms with Gasteiger partial charge in [0.05, 0.1) is 5.41 Å². The molecule has 1 aromatic carbocycles. The van der Waals surface area contributed by atoms with E-state index in [0.29, 0.717) is 24.1 Å². The number of aliphatic hydroxyl groups excluding tert-OH is 1. The number of carbonyl (C=O) groups excluding carboxylic acids is 1. The summed E-state index contributed by atoms with van der Waals surface area (Å²) in [6, 6.07) is 2.33. The van der Waals surface area contributed by atoms with Gasteiger partial charge < -0.3 is 20.1 Å². The molecule has 5 atom stereocenters. The number of phenols is 1. The van der Waals surface area contributed by atoms with Gasteiger partial charge in [-0.3, -0.25) is 14.2 Å². The van der Waals surface area contributed by atoms with E-state index in [1.807, 2.05) is 11.9 Å². The number of benzene rings is 1. The number of carbonyl (C=O) groups is 1. The lowest BCUT2D eigenvalue weighted by Crippen LogP contribution is -2.76. The average Bonchev–Trinajstić information content (AvgIpc) is 2.99. The number of hydrogen-bond donors (Lipinski definition) is 4. The minimum absolute atomic E-state index is 0.0627. The number of Topliss-reactive ketones (excluding diaryl/α,β-unsaturated/α-hetero) is 1. The van der Waals surface area contributed by atoms with Gasteiger partial charge in [0.2, 0.25) is 0 Å². The van der Waals surface area contributed by atoms with Crippen molar-refractivity contribution in [1.29, 1.82) is 0 Å². The monoisotopic (exact) mass is 465 g/mol. The van der Waals surface area contributed by atoms with E-state index in [2.05, 4.69) is 0 Å². The number of rotatable bonds is 0. The molecule has 0 unspecified atom stereocenters. The van der Waals surface area contributed by atoms with Gasteiger partial charge in [-0.1, -0.05) is 12.2 Å². The molecule has 0 radical (unpaired) electrons. The number of aliphatic hydroxyl groups is 2. The van der Waals surface area contributed by atoms with Crippen LogP contribution in [0.5, 0.6) is 11.5 Å². The molecule has 2 aliphatic heterocycles. The highest BCUT2D eigenvalue weighted by molar-refractivity contribution is 7.86. The zero-order chi connectivity index (χ0) is 23.1. The summed E-state index contributed by atoms with van der Waals surface area (Å²) in [5.41, 5.74) is -6.86. The fraction of sp³-hybridized carbons (Fsp3) is 0.500. The Morgan fingerprint density at radius 1 is 1.29 bits per heavy atom. The van der Waals surface area contributed by atoms with Crippen molar-refractivity contribution in [2.45, 2.75) is 41.2 Å². The maximum atomic E-state index is 13.0. The van der Waals surface area contributed by atoms with Crippen molar-refractivity contribution in [1.82, 2.24) is 4.90 Å². The summed E-state index contributed by atoms with van der Waals surface area (Å²) in [6.07, 6.45) is 1.99. The van der Waals surface area contributed by atoms with Crippen LogP contribution in [0.25, 0.3) is 0 Å². The smallest absolute Gasteiger partial charge is 0.504 e. The van der Waals surface area contributed by atoms with E-state index in [0.717, 1.165) is 0 Å². The van der Waals surface area contributed by atoms with Crippen molar-refractivity contribution in [3.63, 3.8) is 0 Å². The number of phenolic OH excluding ortho intramolecular Hbond substituents is 1. The van der Waals surface area contributed by atoms with Gasteiger partial charge in [-0.25, -0.2) is 0 Å². The van der Waals surface area contributed by atoms with Crippen LogP contribution in [0.2, 0.25) is 0 Å². The molecule has 5 rings (SSSR count). The Hall–Kier alpha value is -2.19. The second-order valence-corrected chi connectivity index (χ2v) is 9.35. The fourth-order valence-electron chi connectivity index (χ4n) is 5.16. The highest BCUT2D eigenvalue weighted by Crippen LogP contribution is 2.63. The minimum atomic E-state index is -5.84. The molecular weight excluding hydrogens is 447 g/mol. The molecule has 1 aromatic rings. The van der Waals surface area contributed by atoms with E-state index in [1.54, 1.807) is 12.1 Å². The lowest BCUT2D eigenvalue weighted by Gasteiger charge is -2.60. The molecule has 1 spiro atoms. The fourth-order valence-corrected chi connectivity index (χ4v) is 5.16. The number of ketones is 1.